The average Bonchev–Trinajstić information content (AvgIpc) is 2.73. The van der Waals surface area contributed by atoms with Crippen LogP contribution >= 0.6 is 11.6 Å². The Balaban J connectivity index is 1.93. The molecule has 0 saturated carbocycles. The number of sulfonamides is 1. The van der Waals surface area contributed by atoms with Crippen molar-refractivity contribution in [2.24, 2.45) is 0 Å². The van der Waals surface area contributed by atoms with E-state index in [0.29, 0.717) is 16.5 Å². The maximum absolute atomic E-state index is 13.3. The number of nitrogens with zero attached hydrogens (tertiary/aromatic N) is 1. The molecule has 0 aliphatic heterocycles. The zero-order valence-electron chi connectivity index (χ0n) is 15.9. The fourth-order valence-electron chi connectivity index (χ4n) is 2.74. The average molecular weight is 449 g/mol. The topological polar surface area (TPSA) is 75.7 Å². The molecule has 9 heteroatoms. The van der Waals surface area contributed by atoms with E-state index in [1.165, 1.54) is 13.2 Å². The highest BCUT2D eigenvalue weighted by Crippen LogP contribution is 2.28. The summed E-state index contributed by atoms with van der Waals surface area (Å²) in [6.07, 6.45) is 0. The number of nitrogens with one attached hydrogen (secondary N) is 1. The number of rotatable bonds is 7. The van der Waals surface area contributed by atoms with E-state index in [1.807, 2.05) is 0 Å². The van der Waals surface area contributed by atoms with Crippen molar-refractivity contribution in [1.29, 1.82) is 0 Å². The number of halogens is 2. The van der Waals surface area contributed by atoms with Crippen LogP contribution in [-0.4, -0.2) is 28.0 Å². The van der Waals surface area contributed by atoms with Gasteiger partial charge in [-0.05, 0) is 54.6 Å². The first kappa shape index (κ1) is 21.6. The van der Waals surface area contributed by atoms with Gasteiger partial charge in [0.2, 0.25) is 5.91 Å². The first-order chi connectivity index (χ1) is 14.3. The summed E-state index contributed by atoms with van der Waals surface area (Å²) >= 11 is 5.98. The zero-order chi connectivity index (χ0) is 21.7. The fraction of sp³-hybridized carbons (Fsp3) is 0.0952. The molecule has 0 radical (unpaired) electrons. The number of para-hydroxylation sites is 1. The van der Waals surface area contributed by atoms with Crippen LogP contribution in [-0.2, 0) is 14.8 Å². The molecule has 156 valence electrons. The van der Waals surface area contributed by atoms with E-state index in [0.717, 1.165) is 28.6 Å². The smallest absolute Gasteiger partial charge is 0.264 e. The summed E-state index contributed by atoms with van der Waals surface area (Å²) < 4.78 is 45.8. The van der Waals surface area contributed by atoms with Crippen LogP contribution in [0.1, 0.15) is 0 Å². The summed E-state index contributed by atoms with van der Waals surface area (Å²) in [5.74, 6) is -0.795. The second kappa shape index (κ2) is 9.15. The lowest BCUT2D eigenvalue weighted by atomic mass is 10.3. The van der Waals surface area contributed by atoms with Crippen LogP contribution in [0, 0.1) is 5.82 Å². The quantitative estimate of drug-likeness (QED) is 0.584. The summed E-state index contributed by atoms with van der Waals surface area (Å²) in [6, 6.07) is 17.2. The molecule has 3 aromatic rings. The second-order valence-corrected chi connectivity index (χ2v) is 8.49. The Morgan fingerprint density at radius 2 is 1.73 bits per heavy atom. The SMILES string of the molecule is COc1ccc(Cl)cc1NC(=O)CN(c1ccccc1)S(=O)(=O)c1ccc(F)cc1. The maximum atomic E-state index is 13.3. The molecule has 0 bridgehead atoms. The molecule has 3 rings (SSSR count). The summed E-state index contributed by atoms with van der Waals surface area (Å²) in [5, 5.41) is 3.00. The molecule has 6 nitrogen and oxygen atoms in total. The fourth-order valence-corrected chi connectivity index (χ4v) is 4.33. The van der Waals surface area contributed by atoms with Crippen LogP contribution in [0.3, 0.4) is 0 Å². The van der Waals surface area contributed by atoms with Crippen molar-refractivity contribution in [2.45, 2.75) is 4.90 Å². The number of amides is 1. The van der Waals surface area contributed by atoms with Crippen molar-refractivity contribution in [3.8, 4) is 5.75 Å². The number of methoxy groups -OCH3 is 1. The van der Waals surface area contributed by atoms with Gasteiger partial charge in [-0.25, -0.2) is 12.8 Å². The van der Waals surface area contributed by atoms with E-state index in [4.69, 9.17) is 16.3 Å². The zero-order valence-corrected chi connectivity index (χ0v) is 17.5. The molecule has 30 heavy (non-hydrogen) atoms. The van der Waals surface area contributed by atoms with Crippen LogP contribution < -0.4 is 14.4 Å². The highest BCUT2D eigenvalue weighted by Gasteiger charge is 2.27. The van der Waals surface area contributed by atoms with E-state index in [-0.39, 0.29) is 10.6 Å². The van der Waals surface area contributed by atoms with Crippen LogP contribution in [0.25, 0.3) is 0 Å². The van der Waals surface area contributed by atoms with Gasteiger partial charge in [-0.2, -0.15) is 0 Å². The minimum atomic E-state index is -4.13. The standard InChI is InChI=1S/C21H18ClFN2O4S/c1-29-20-12-7-15(22)13-19(20)24-21(26)14-25(17-5-3-2-4-6-17)30(27,28)18-10-8-16(23)9-11-18/h2-13H,14H2,1H3,(H,24,26). The summed E-state index contributed by atoms with van der Waals surface area (Å²) in [6.45, 7) is -0.514. The van der Waals surface area contributed by atoms with Crippen LogP contribution in [0.15, 0.2) is 77.7 Å². The van der Waals surface area contributed by atoms with Gasteiger partial charge in [0.25, 0.3) is 10.0 Å². The lowest BCUT2D eigenvalue weighted by Gasteiger charge is -2.24. The highest BCUT2D eigenvalue weighted by atomic mass is 35.5. The molecule has 0 spiro atoms. The van der Waals surface area contributed by atoms with Crippen molar-refractivity contribution < 1.29 is 22.3 Å². The summed E-state index contributed by atoms with van der Waals surface area (Å²) in [4.78, 5) is 12.6. The van der Waals surface area contributed by atoms with Gasteiger partial charge in [-0.1, -0.05) is 29.8 Å². The molecule has 0 heterocycles. The van der Waals surface area contributed by atoms with Gasteiger partial charge >= 0.3 is 0 Å². The molecule has 1 amide bonds. The number of carbonyl (C=O) groups excluding carboxylic acids is 1. The molecule has 0 saturated heterocycles. The molecular formula is C21H18ClFN2O4S. The van der Waals surface area contributed by atoms with Crippen molar-refractivity contribution in [3.05, 3.63) is 83.6 Å². The van der Waals surface area contributed by atoms with Gasteiger partial charge in [0.1, 0.15) is 18.1 Å². The third-order valence-corrected chi connectivity index (χ3v) is 6.19. The molecule has 1 N–H and O–H groups in total. The lowest BCUT2D eigenvalue weighted by Crippen LogP contribution is -2.38. The molecule has 0 atom stereocenters. The molecule has 0 aromatic heterocycles. The van der Waals surface area contributed by atoms with Crippen LogP contribution in [0.5, 0.6) is 5.75 Å². The first-order valence-corrected chi connectivity index (χ1v) is 10.6. The van der Waals surface area contributed by atoms with Gasteiger partial charge in [-0.15, -0.1) is 0 Å². The highest BCUT2D eigenvalue weighted by molar-refractivity contribution is 7.92. The van der Waals surface area contributed by atoms with E-state index < -0.39 is 28.3 Å². The number of ether oxygens (including phenoxy) is 1. The predicted molar refractivity (Wildman–Crippen MR) is 114 cm³/mol. The normalized spacial score (nSPS) is 11.0. The van der Waals surface area contributed by atoms with E-state index >= 15 is 0 Å². The van der Waals surface area contributed by atoms with Gasteiger partial charge in [0, 0.05) is 5.02 Å². The van der Waals surface area contributed by atoms with Gasteiger partial charge in [-0.3, -0.25) is 9.10 Å². The Morgan fingerprint density at radius 3 is 2.37 bits per heavy atom. The third-order valence-electron chi connectivity index (χ3n) is 4.17. The summed E-state index contributed by atoms with van der Waals surface area (Å²) in [5.41, 5.74) is 0.595. The molecular weight excluding hydrogens is 431 g/mol. The van der Waals surface area contributed by atoms with E-state index in [1.54, 1.807) is 42.5 Å². The van der Waals surface area contributed by atoms with Gasteiger partial charge < -0.3 is 10.1 Å². The Kier molecular flexibility index (Phi) is 6.59. The van der Waals surface area contributed by atoms with Gasteiger partial charge in [0.05, 0.1) is 23.4 Å². The summed E-state index contributed by atoms with van der Waals surface area (Å²) in [7, 11) is -2.69. The van der Waals surface area contributed by atoms with Crippen molar-refractivity contribution >= 4 is 38.9 Å². The van der Waals surface area contributed by atoms with Gasteiger partial charge in [0.15, 0.2) is 0 Å². The van der Waals surface area contributed by atoms with Crippen LogP contribution in [0.4, 0.5) is 15.8 Å². The predicted octanol–water partition coefficient (Wildman–Crippen LogP) is 4.32. The molecule has 0 unspecified atom stereocenters. The largest absolute Gasteiger partial charge is 0.495 e. The van der Waals surface area contributed by atoms with Crippen molar-refractivity contribution in [2.75, 3.05) is 23.3 Å². The van der Waals surface area contributed by atoms with Crippen LogP contribution in [0.2, 0.25) is 5.02 Å². The molecule has 0 aliphatic rings. The second-order valence-electron chi connectivity index (χ2n) is 6.19. The van der Waals surface area contributed by atoms with Crippen molar-refractivity contribution in [1.82, 2.24) is 0 Å². The molecule has 0 fully saturated rings. The Hall–Kier alpha value is -3.10. The minimum absolute atomic E-state index is 0.138. The number of benzene rings is 3. The lowest BCUT2D eigenvalue weighted by molar-refractivity contribution is -0.114. The molecule has 3 aromatic carbocycles. The Bertz CT molecular complexity index is 1140. The monoisotopic (exact) mass is 448 g/mol. The number of carbonyl (C=O) groups is 1. The van der Waals surface area contributed by atoms with E-state index in [2.05, 4.69) is 5.32 Å². The third kappa shape index (κ3) is 4.90. The molecule has 0 aliphatic carbocycles. The van der Waals surface area contributed by atoms with E-state index in [9.17, 15) is 17.6 Å². The minimum Gasteiger partial charge on any atom is -0.495 e. The maximum Gasteiger partial charge on any atom is 0.264 e. The number of hydrogen-bond acceptors (Lipinski definition) is 4. The van der Waals surface area contributed by atoms with Crippen molar-refractivity contribution in [3.63, 3.8) is 0 Å². The Morgan fingerprint density at radius 1 is 1.07 bits per heavy atom. The first-order valence-electron chi connectivity index (χ1n) is 8.78. The number of anilines is 2. The Labute approximate surface area is 178 Å². The number of hydrogen-bond donors (Lipinski definition) is 1.